The second-order valence-electron chi connectivity index (χ2n) is 6.23. The summed E-state index contributed by atoms with van der Waals surface area (Å²) in [5, 5.41) is 10.8. The molecule has 1 N–H and O–H groups in total. The van der Waals surface area contributed by atoms with Gasteiger partial charge in [-0.1, -0.05) is 11.3 Å². The lowest BCUT2D eigenvalue weighted by atomic mass is 9.96. The Labute approximate surface area is 145 Å². The van der Waals surface area contributed by atoms with Gasteiger partial charge in [-0.15, -0.1) is 10.2 Å². The summed E-state index contributed by atoms with van der Waals surface area (Å²) >= 11 is 1.31. The van der Waals surface area contributed by atoms with E-state index < -0.39 is 0 Å². The molecule has 1 aliphatic heterocycles. The van der Waals surface area contributed by atoms with E-state index in [0.717, 1.165) is 43.1 Å². The molecule has 0 aromatic carbocycles. The third-order valence-electron chi connectivity index (χ3n) is 4.22. The maximum Gasteiger partial charge on any atom is 0.226 e. The zero-order chi connectivity index (χ0) is 16.9. The fourth-order valence-electron chi connectivity index (χ4n) is 2.89. The SMILES string of the molecule is Cc1cc(CCC(=O)Nc2nncs2)nc(C2CCN(C)CC2)n1. The number of likely N-dealkylation sites (tertiary alicyclic amines) is 1. The van der Waals surface area contributed by atoms with Gasteiger partial charge in [0.15, 0.2) is 0 Å². The molecule has 24 heavy (non-hydrogen) atoms. The van der Waals surface area contributed by atoms with Gasteiger partial charge in [-0.25, -0.2) is 9.97 Å². The quantitative estimate of drug-likeness (QED) is 0.892. The van der Waals surface area contributed by atoms with E-state index in [1.165, 1.54) is 11.3 Å². The predicted molar refractivity (Wildman–Crippen MR) is 93.1 cm³/mol. The van der Waals surface area contributed by atoms with Gasteiger partial charge in [-0.05, 0) is 52.4 Å². The van der Waals surface area contributed by atoms with Gasteiger partial charge in [-0.3, -0.25) is 4.79 Å². The molecule has 2 aromatic heterocycles. The van der Waals surface area contributed by atoms with E-state index >= 15 is 0 Å². The maximum absolute atomic E-state index is 12.0. The molecule has 0 radical (unpaired) electrons. The lowest BCUT2D eigenvalue weighted by Crippen LogP contribution is -2.30. The van der Waals surface area contributed by atoms with Gasteiger partial charge in [0.05, 0.1) is 0 Å². The molecule has 0 spiro atoms. The Morgan fingerprint density at radius 2 is 2.17 bits per heavy atom. The summed E-state index contributed by atoms with van der Waals surface area (Å²) in [6, 6.07) is 1.97. The van der Waals surface area contributed by atoms with Crippen LogP contribution in [-0.2, 0) is 11.2 Å². The molecule has 3 rings (SSSR count). The normalized spacial score (nSPS) is 16.2. The number of carbonyl (C=O) groups is 1. The zero-order valence-corrected chi connectivity index (χ0v) is 14.8. The molecule has 0 saturated carbocycles. The highest BCUT2D eigenvalue weighted by Gasteiger charge is 2.21. The number of aryl methyl sites for hydroxylation is 2. The number of aromatic nitrogens is 4. The van der Waals surface area contributed by atoms with E-state index in [1.807, 2.05) is 13.0 Å². The van der Waals surface area contributed by atoms with Crippen molar-refractivity contribution >= 4 is 22.4 Å². The van der Waals surface area contributed by atoms with Gasteiger partial charge in [0, 0.05) is 23.7 Å². The lowest BCUT2D eigenvalue weighted by molar-refractivity contribution is -0.116. The van der Waals surface area contributed by atoms with Gasteiger partial charge in [0.25, 0.3) is 0 Å². The third-order valence-corrected chi connectivity index (χ3v) is 4.83. The largest absolute Gasteiger partial charge is 0.306 e. The molecule has 2 aromatic rings. The van der Waals surface area contributed by atoms with Crippen LogP contribution in [0.2, 0.25) is 0 Å². The summed E-state index contributed by atoms with van der Waals surface area (Å²) in [6.07, 6.45) is 3.17. The Kier molecular flexibility index (Phi) is 5.47. The zero-order valence-electron chi connectivity index (χ0n) is 14.0. The van der Waals surface area contributed by atoms with Crippen LogP contribution in [0.3, 0.4) is 0 Å². The smallest absolute Gasteiger partial charge is 0.226 e. The molecule has 0 bridgehead atoms. The average Bonchev–Trinajstić information content (AvgIpc) is 3.06. The fraction of sp³-hybridized carbons (Fsp3) is 0.562. The van der Waals surface area contributed by atoms with Crippen LogP contribution in [0.25, 0.3) is 0 Å². The van der Waals surface area contributed by atoms with Crippen molar-refractivity contribution in [2.45, 2.75) is 38.5 Å². The molecule has 7 nitrogen and oxygen atoms in total. The molecule has 1 saturated heterocycles. The number of amides is 1. The molecule has 0 unspecified atom stereocenters. The molecule has 0 aliphatic carbocycles. The van der Waals surface area contributed by atoms with Gasteiger partial charge in [-0.2, -0.15) is 0 Å². The number of hydrogen-bond donors (Lipinski definition) is 1. The number of anilines is 1. The van der Waals surface area contributed by atoms with Crippen molar-refractivity contribution in [1.29, 1.82) is 0 Å². The summed E-state index contributed by atoms with van der Waals surface area (Å²) in [7, 11) is 2.15. The van der Waals surface area contributed by atoms with Crippen molar-refractivity contribution in [3.8, 4) is 0 Å². The minimum Gasteiger partial charge on any atom is -0.306 e. The van der Waals surface area contributed by atoms with E-state index in [-0.39, 0.29) is 5.91 Å². The molecule has 128 valence electrons. The summed E-state index contributed by atoms with van der Waals surface area (Å²) in [5.41, 5.74) is 3.50. The Hall–Kier alpha value is -1.93. The van der Waals surface area contributed by atoms with E-state index in [2.05, 4.69) is 32.4 Å². The van der Waals surface area contributed by atoms with Gasteiger partial charge in [0.2, 0.25) is 11.0 Å². The number of rotatable bonds is 5. The Bertz CT molecular complexity index is 682. The molecule has 1 fully saturated rings. The monoisotopic (exact) mass is 346 g/mol. The van der Waals surface area contributed by atoms with Crippen molar-refractivity contribution in [1.82, 2.24) is 25.1 Å². The van der Waals surface area contributed by atoms with Gasteiger partial charge < -0.3 is 10.2 Å². The van der Waals surface area contributed by atoms with Crippen LogP contribution in [0, 0.1) is 6.92 Å². The first-order valence-electron chi connectivity index (χ1n) is 8.19. The van der Waals surface area contributed by atoms with E-state index in [9.17, 15) is 4.79 Å². The van der Waals surface area contributed by atoms with Crippen LogP contribution in [0.1, 0.15) is 42.4 Å². The molecule has 1 amide bonds. The molecule has 3 heterocycles. The molecular weight excluding hydrogens is 324 g/mol. The number of hydrogen-bond acceptors (Lipinski definition) is 7. The van der Waals surface area contributed by atoms with E-state index in [4.69, 9.17) is 4.98 Å². The summed E-state index contributed by atoms with van der Waals surface area (Å²) in [4.78, 5) is 23.6. The minimum atomic E-state index is -0.0659. The number of nitrogens with one attached hydrogen (secondary N) is 1. The molecule has 1 aliphatic rings. The second-order valence-corrected chi connectivity index (χ2v) is 7.06. The molecule has 0 atom stereocenters. The first kappa shape index (κ1) is 16.9. The molecular formula is C16H22N6OS. The first-order valence-corrected chi connectivity index (χ1v) is 9.07. The van der Waals surface area contributed by atoms with Crippen LogP contribution in [0.5, 0.6) is 0 Å². The highest BCUT2D eigenvalue weighted by molar-refractivity contribution is 7.13. The van der Waals surface area contributed by atoms with E-state index in [1.54, 1.807) is 5.51 Å². The summed E-state index contributed by atoms with van der Waals surface area (Å²) in [5.74, 6) is 1.29. The predicted octanol–water partition coefficient (Wildman–Crippen LogP) is 2.02. The van der Waals surface area contributed by atoms with Gasteiger partial charge in [0.1, 0.15) is 11.3 Å². The fourth-order valence-corrected chi connectivity index (χ4v) is 3.35. The van der Waals surface area contributed by atoms with Crippen molar-refractivity contribution in [3.63, 3.8) is 0 Å². The van der Waals surface area contributed by atoms with Gasteiger partial charge >= 0.3 is 0 Å². The van der Waals surface area contributed by atoms with Crippen LogP contribution in [0.4, 0.5) is 5.13 Å². The number of piperidine rings is 1. The van der Waals surface area contributed by atoms with Crippen molar-refractivity contribution in [3.05, 3.63) is 28.8 Å². The van der Waals surface area contributed by atoms with Crippen molar-refractivity contribution in [2.75, 3.05) is 25.5 Å². The Balaban J connectivity index is 1.60. The highest BCUT2D eigenvalue weighted by Crippen LogP contribution is 2.25. The average molecular weight is 346 g/mol. The lowest BCUT2D eigenvalue weighted by Gasteiger charge is -2.28. The maximum atomic E-state index is 12.0. The van der Waals surface area contributed by atoms with Crippen molar-refractivity contribution < 1.29 is 4.79 Å². The minimum absolute atomic E-state index is 0.0659. The second kappa shape index (κ2) is 7.76. The standard InChI is InChI=1S/C16H22N6OS/c1-11-9-13(3-4-14(23)20-16-21-17-10-24-16)19-15(18-11)12-5-7-22(2)8-6-12/h9-10,12H,3-8H2,1-2H3,(H,20,21,23). The van der Waals surface area contributed by atoms with E-state index in [0.29, 0.717) is 23.9 Å². The van der Waals surface area contributed by atoms with Crippen LogP contribution >= 0.6 is 11.3 Å². The molecule has 8 heteroatoms. The number of carbonyl (C=O) groups excluding carboxylic acids is 1. The summed E-state index contributed by atoms with van der Waals surface area (Å²) < 4.78 is 0. The number of nitrogens with zero attached hydrogens (tertiary/aromatic N) is 5. The third kappa shape index (κ3) is 4.55. The van der Waals surface area contributed by atoms with Crippen LogP contribution in [0.15, 0.2) is 11.6 Å². The highest BCUT2D eigenvalue weighted by atomic mass is 32.1. The Morgan fingerprint density at radius 3 is 2.88 bits per heavy atom. The van der Waals surface area contributed by atoms with Crippen LogP contribution < -0.4 is 5.32 Å². The van der Waals surface area contributed by atoms with Crippen molar-refractivity contribution in [2.24, 2.45) is 0 Å². The first-order chi connectivity index (χ1) is 11.6. The van der Waals surface area contributed by atoms with Crippen LogP contribution in [-0.4, -0.2) is 51.1 Å². The Morgan fingerprint density at radius 1 is 1.38 bits per heavy atom. The summed E-state index contributed by atoms with van der Waals surface area (Å²) in [6.45, 7) is 4.16. The topological polar surface area (TPSA) is 83.9 Å².